The highest BCUT2D eigenvalue weighted by Crippen LogP contribution is 2.43. The molecule has 11 heteroatoms. The van der Waals surface area contributed by atoms with Crippen LogP contribution in [0.3, 0.4) is 0 Å². The molecule has 0 aliphatic carbocycles. The van der Waals surface area contributed by atoms with Crippen LogP contribution in [0.25, 0.3) is 0 Å². The minimum absolute atomic E-state index is 0.00901. The zero-order chi connectivity index (χ0) is 42.6. The second-order valence-corrected chi connectivity index (χ2v) is 17.0. The van der Waals surface area contributed by atoms with Gasteiger partial charge in [0.15, 0.2) is 0 Å². The van der Waals surface area contributed by atoms with Gasteiger partial charge in [0, 0.05) is 13.0 Å². The van der Waals surface area contributed by atoms with Crippen molar-refractivity contribution < 1.29 is 42.7 Å². The first-order chi connectivity index (χ1) is 28.2. The number of allylic oxidation sites excluding steroid dienone is 8. The number of unbranched alkanes of at least 4 members (excludes halogenated alkanes) is 22. The van der Waals surface area contributed by atoms with E-state index in [-0.39, 0.29) is 13.0 Å². The third-order valence-corrected chi connectivity index (χ3v) is 10.8. The van der Waals surface area contributed by atoms with Crippen LogP contribution in [0, 0.1) is 0 Å². The molecule has 0 heterocycles. The lowest BCUT2D eigenvalue weighted by Crippen LogP contribution is -2.34. The number of hydrogen-bond acceptors (Lipinski definition) is 8. The van der Waals surface area contributed by atoms with Crippen LogP contribution in [-0.2, 0) is 32.7 Å². The molecule has 0 aliphatic heterocycles. The molecule has 0 amide bonds. The van der Waals surface area contributed by atoms with E-state index in [0.717, 1.165) is 64.2 Å². The molecule has 0 aromatic heterocycles. The predicted molar refractivity (Wildman–Crippen MR) is 240 cm³/mol. The fourth-order valence-corrected chi connectivity index (χ4v) is 6.97. The van der Waals surface area contributed by atoms with Crippen molar-refractivity contribution in [1.82, 2.24) is 0 Å². The van der Waals surface area contributed by atoms with Crippen LogP contribution < -0.4 is 5.73 Å². The third kappa shape index (κ3) is 42.1. The Morgan fingerprint density at radius 2 is 0.948 bits per heavy atom. The molecule has 3 unspecified atom stereocenters. The van der Waals surface area contributed by atoms with Crippen LogP contribution in [0.5, 0.6) is 0 Å². The fourth-order valence-electron chi connectivity index (χ4n) is 6.19. The molecule has 0 spiro atoms. The Morgan fingerprint density at radius 3 is 1.43 bits per heavy atom. The summed E-state index contributed by atoms with van der Waals surface area (Å²) in [6, 6.07) is -1.48. The Balaban J connectivity index is 4.23. The molecule has 58 heavy (non-hydrogen) atoms. The molecule has 3 atom stereocenters. The van der Waals surface area contributed by atoms with Gasteiger partial charge in [0.25, 0.3) is 0 Å². The number of carboxylic acid groups (broad SMARTS) is 1. The van der Waals surface area contributed by atoms with Gasteiger partial charge in [0.1, 0.15) is 12.1 Å². The van der Waals surface area contributed by atoms with E-state index in [4.69, 9.17) is 29.4 Å². The minimum atomic E-state index is -4.62. The maximum atomic E-state index is 12.7. The molecule has 0 fully saturated rings. The van der Waals surface area contributed by atoms with Crippen molar-refractivity contribution in [3.8, 4) is 0 Å². The fraction of sp³-hybridized carbons (Fsp3) is 0.787. The average Bonchev–Trinajstić information content (AvgIpc) is 3.20. The van der Waals surface area contributed by atoms with Gasteiger partial charge in [-0.1, -0.05) is 165 Å². The van der Waals surface area contributed by atoms with Crippen molar-refractivity contribution in [3.05, 3.63) is 48.6 Å². The Bertz CT molecular complexity index is 1110. The average molecular weight is 840 g/mol. The van der Waals surface area contributed by atoms with Gasteiger partial charge in [-0.2, -0.15) is 0 Å². The van der Waals surface area contributed by atoms with E-state index in [2.05, 4.69) is 62.5 Å². The first-order valence-electron chi connectivity index (χ1n) is 23.2. The molecule has 0 saturated carbocycles. The SMILES string of the molecule is CCCCC/C=C\C/C=C\CCCCCCCCCCOCC(COP(=O)(O)OCC(N)C(=O)O)OC(=O)CCCCCCCCC/C=C\C/C=C\CCCCCC. The second kappa shape index (κ2) is 43.0. The summed E-state index contributed by atoms with van der Waals surface area (Å²) in [5, 5.41) is 8.91. The van der Waals surface area contributed by atoms with Gasteiger partial charge in [-0.05, 0) is 77.0 Å². The Morgan fingerprint density at radius 1 is 0.552 bits per heavy atom. The summed E-state index contributed by atoms with van der Waals surface area (Å²) in [5.41, 5.74) is 5.36. The van der Waals surface area contributed by atoms with Gasteiger partial charge in [0.2, 0.25) is 0 Å². The van der Waals surface area contributed by atoms with Gasteiger partial charge < -0.3 is 25.2 Å². The van der Waals surface area contributed by atoms with Crippen molar-refractivity contribution in [1.29, 1.82) is 0 Å². The summed E-state index contributed by atoms with van der Waals surface area (Å²) >= 11 is 0. The Hall–Kier alpha value is -2.07. The first-order valence-corrected chi connectivity index (χ1v) is 24.7. The third-order valence-electron chi connectivity index (χ3n) is 9.83. The highest BCUT2D eigenvalue weighted by Gasteiger charge is 2.27. The molecule has 0 rings (SSSR count). The minimum Gasteiger partial charge on any atom is -0.480 e. The van der Waals surface area contributed by atoms with Crippen LogP contribution >= 0.6 is 7.82 Å². The molecule has 0 saturated heterocycles. The molecule has 4 N–H and O–H groups in total. The topological polar surface area (TPSA) is 155 Å². The molecule has 338 valence electrons. The van der Waals surface area contributed by atoms with Gasteiger partial charge in [-0.15, -0.1) is 0 Å². The molecular weight excluding hydrogens is 753 g/mol. The van der Waals surface area contributed by atoms with Crippen LogP contribution in [0.15, 0.2) is 48.6 Å². The van der Waals surface area contributed by atoms with E-state index in [1.807, 2.05) is 0 Å². The van der Waals surface area contributed by atoms with Crippen molar-refractivity contribution in [2.45, 2.75) is 212 Å². The summed E-state index contributed by atoms with van der Waals surface area (Å²) in [7, 11) is -4.62. The Kier molecular flexibility index (Phi) is 41.5. The van der Waals surface area contributed by atoms with Crippen molar-refractivity contribution in [2.75, 3.05) is 26.4 Å². The molecular formula is C47H86NO9P. The van der Waals surface area contributed by atoms with Gasteiger partial charge in [-0.25, -0.2) is 4.57 Å². The molecule has 0 aromatic carbocycles. The Labute approximate surface area is 354 Å². The number of carbonyl (C=O) groups excluding carboxylic acids is 1. The quantitative estimate of drug-likeness (QED) is 0.0234. The first kappa shape index (κ1) is 55.9. The van der Waals surface area contributed by atoms with Crippen LogP contribution in [0.1, 0.15) is 200 Å². The van der Waals surface area contributed by atoms with E-state index in [1.54, 1.807) is 0 Å². The van der Waals surface area contributed by atoms with Crippen molar-refractivity contribution >= 4 is 19.8 Å². The van der Waals surface area contributed by atoms with E-state index in [0.29, 0.717) is 13.0 Å². The molecule has 0 bridgehead atoms. The van der Waals surface area contributed by atoms with E-state index in [9.17, 15) is 19.0 Å². The molecule has 0 aliphatic rings. The van der Waals surface area contributed by atoms with E-state index in [1.165, 1.54) is 109 Å². The van der Waals surface area contributed by atoms with Gasteiger partial charge in [0.05, 0.1) is 19.8 Å². The van der Waals surface area contributed by atoms with Crippen LogP contribution in [0.4, 0.5) is 0 Å². The summed E-state index contributed by atoms with van der Waals surface area (Å²) in [6.07, 6.45) is 50.1. The van der Waals surface area contributed by atoms with Crippen LogP contribution in [0.2, 0.25) is 0 Å². The number of carbonyl (C=O) groups is 2. The maximum absolute atomic E-state index is 12.7. The molecule has 10 nitrogen and oxygen atoms in total. The highest BCUT2D eigenvalue weighted by molar-refractivity contribution is 7.47. The lowest BCUT2D eigenvalue weighted by molar-refractivity contribution is -0.154. The number of aliphatic carboxylic acids is 1. The summed E-state index contributed by atoms with van der Waals surface area (Å²) in [4.78, 5) is 33.6. The summed E-state index contributed by atoms with van der Waals surface area (Å²) in [6.45, 7) is 3.83. The highest BCUT2D eigenvalue weighted by atomic mass is 31.2. The number of esters is 1. The largest absolute Gasteiger partial charge is 0.480 e. The van der Waals surface area contributed by atoms with Crippen LogP contribution in [-0.4, -0.2) is 60.5 Å². The number of phosphoric ester groups is 1. The lowest BCUT2D eigenvalue weighted by Gasteiger charge is -2.20. The summed E-state index contributed by atoms with van der Waals surface area (Å²) < 4.78 is 33.4. The zero-order valence-electron chi connectivity index (χ0n) is 36.9. The van der Waals surface area contributed by atoms with E-state index >= 15 is 0 Å². The normalized spacial score (nSPS) is 14.3. The number of carboxylic acids is 1. The number of phosphoric acid groups is 1. The number of hydrogen-bond donors (Lipinski definition) is 3. The zero-order valence-corrected chi connectivity index (χ0v) is 37.8. The number of nitrogens with two attached hydrogens (primary N) is 1. The molecule has 0 aromatic rings. The number of rotatable bonds is 44. The predicted octanol–water partition coefficient (Wildman–Crippen LogP) is 13.0. The second-order valence-electron chi connectivity index (χ2n) is 15.5. The molecule has 0 radical (unpaired) electrons. The maximum Gasteiger partial charge on any atom is 0.472 e. The standard InChI is InChI=1S/C47H86NO9P/c1-3-5-7-9-11-13-15-17-19-21-23-25-27-29-31-33-35-37-39-46(49)57-44(42-55-58(52,53)56-43-45(48)47(50)51)41-54-40-38-36-34-32-30-28-26-24-22-20-18-16-14-12-10-8-6-4-2/h12-15,18-21,44-45H,3-11,16-17,22-43,48H2,1-2H3,(H,50,51)(H,52,53)/b14-12-,15-13-,20-18-,21-19-. The van der Waals surface area contributed by atoms with Gasteiger partial charge >= 0.3 is 19.8 Å². The van der Waals surface area contributed by atoms with Crippen molar-refractivity contribution in [2.24, 2.45) is 5.73 Å². The van der Waals surface area contributed by atoms with Gasteiger partial charge in [-0.3, -0.25) is 18.6 Å². The number of ether oxygens (including phenoxy) is 2. The smallest absolute Gasteiger partial charge is 0.472 e. The lowest BCUT2D eigenvalue weighted by atomic mass is 10.1. The summed E-state index contributed by atoms with van der Waals surface area (Å²) in [5.74, 6) is -1.79. The van der Waals surface area contributed by atoms with Crippen molar-refractivity contribution in [3.63, 3.8) is 0 Å². The monoisotopic (exact) mass is 840 g/mol. The van der Waals surface area contributed by atoms with E-state index < -0.39 is 45.1 Å².